The molecule has 3 nitrogen and oxygen atoms in total. The van der Waals surface area contributed by atoms with E-state index in [4.69, 9.17) is 0 Å². The van der Waals surface area contributed by atoms with E-state index >= 15 is 0 Å². The second-order valence-electron chi connectivity index (χ2n) is 6.28. The molecule has 0 rings (SSSR count). The molecule has 0 aromatic rings. The highest BCUT2D eigenvalue weighted by Gasteiger charge is 2.19. The van der Waals surface area contributed by atoms with Gasteiger partial charge in [0.25, 0.3) is 0 Å². The predicted octanol–water partition coefficient (Wildman–Crippen LogP) is 3.20. The molecule has 1 unspecified atom stereocenters. The Morgan fingerprint density at radius 1 is 1.00 bits per heavy atom. The van der Waals surface area contributed by atoms with Crippen LogP contribution in [0.1, 0.15) is 60.8 Å². The second kappa shape index (κ2) is 10.2. The maximum absolute atomic E-state index is 11.9. The Kier molecular flexibility index (Phi) is 9.94. The Bertz CT molecular complexity index is 231. The molecule has 114 valence electrons. The van der Waals surface area contributed by atoms with E-state index < -0.39 is 0 Å². The van der Waals surface area contributed by atoms with Gasteiger partial charge < -0.3 is 10.6 Å². The number of nitrogens with one attached hydrogen (secondary N) is 2. The number of unbranched alkanes of at least 4 members (excludes halogenated alkanes) is 2. The minimum Gasteiger partial charge on any atom is -0.355 e. The van der Waals surface area contributed by atoms with Gasteiger partial charge in [-0.15, -0.1) is 0 Å². The maximum Gasteiger partial charge on any atom is 0.236 e. The number of carbonyl (C=O) groups is 1. The summed E-state index contributed by atoms with van der Waals surface area (Å²) >= 11 is 0. The summed E-state index contributed by atoms with van der Waals surface area (Å²) in [6.07, 6.45) is 3.45. The third-order valence-corrected chi connectivity index (χ3v) is 3.85. The molecule has 0 bridgehead atoms. The fourth-order valence-electron chi connectivity index (χ4n) is 2.39. The molecule has 0 heterocycles. The summed E-state index contributed by atoms with van der Waals surface area (Å²) in [5.74, 6) is 2.04. The molecule has 3 heteroatoms. The van der Waals surface area contributed by atoms with Gasteiger partial charge in [0.2, 0.25) is 5.91 Å². The van der Waals surface area contributed by atoms with Crippen LogP contribution in [0, 0.1) is 17.8 Å². The van der Waals surface area contributed by atoms with Crippen LogP contribution in [-0.2, 0) is 4.79 Å². The van der Waals surface area contributed by atoms with Crippen molar-refractivity contribution in [2.24, 2.45) is 17.8 Å². The summed E-state index contributed by atoms with van der Waals surface area (Å²) in [6.45, 7) is 14.8. The molecule has 0 saturated heterocycles. The van der Waals surface area contributed by atoms with Gasteiger partial charge in [0.05, 0.1) is 6.04 Å². The van der Waals surface area contributed by atoms with E-state index in [1.165, 1.54) is 12.8 Å². The monoisotopic (exact) mass is 270 g/mol. The molecule has 0 aliphatic heterocycles. The van der Waals surface area contributed by atoms with Gasteiger partial charge in [-0.1, -0.05) is 47.5 Å². The third kappa shape index (κ3) is 8.25. The molecule has 0 aliphatic rings. The van der Waals surface area contributed by atoms with E-state index in [0.29, 0.717) is 17.8 Å². The summed E-state index contributed by atoms with van der Waals surface area (Å²) < 4.78 is 0. The Morgan fingerprint density at radius 2 is 1.58 bits per heavy atom. The van der Waals surface area contributed by atoms with Crippen molar-refractivity contribution in [3.8, 4) is 0 Å². The summed E-state index contributed by atoms with van der Waals surface area (Å²) in [6, 6.07) is -0.0957. The topological polar surface area (TPSA) is 41.1 Å². The van der Waals surface area contributed by atoms with E-state index in [2.05, 4.69) is 45.3 Å². The molecule has 2 N–H and O–H groups in total. The third-order valence-electron chi connectivity index (χ3n) is 3.85. The Hall–Kier alpha value is -0.570. The molecule has 0 fully saturated rings. The van der Waals surface area contributed by atoms with Crippen LogP contribution >= 0.6 is 0 Å². The van der Waals surface area contributed by atoms with Gasteiger partial charge in [-0.2, -0.15) is 0 Å². The van der Waals surface area contributed by atoms with Crippen molar-refractivity contribution < 1.29 is 4.79 Å². The second-order valence-corrected chi connectivity index (χ2v) is 6.28. The minimum absolute atomic E-state index is 0.0957. The van der Waals surface area contributed by atoms with Crippen LogP contribution in [0.25, 0.3) is 0 Å². The van der Waals surface area contributed by atoms with Crippen molar-refractivity contribution in [1.82, 2.24) is 10.6 Å². The SMILES string of the molecule is CCCCCNC(=O)C(C)NCC(C(C)C)C(C)C. The van der Waals surface area contributed by atoms with Crippen LogP contribution in [0.15, 0.2) is 0 Å². The lowest BCUT2D eigenvalue weighted by Crippen LogP contribution is -2.45. The molecule has 1 amide bonds. The largest absolute Gasteiger partial charge is 0.355 e. The van der Waals surface area contributed by atoms with E-state index in [1.807, 2.05) is 6.92 Å². The first kappa shape index (κ1) is 18.4. The lowest BCUT2D eigenvalue weighted by Gasteiger charge is -2.26. The maximum atomic E-state index is 11.9. The number of hydrogen-bond donors (Lipinski definition) is 2. The summed E-state index contributed by atoms with van der Waals surface area (Å²) in [7, 11) is 0. The number of rotatable bonds is 10. The van der Waals surface area contributed by atoms with Gasteiger partial charge in [0, 0.05) is 6.54 Å². The predicted molar refractivity (Wildman–Crippen MR) is 83.2 cm³/mol. The molecule has 19 heavy (non-hydrogen) atoms. The fourth-order valence-corrected chi connectivity index (χ4v) is 2.39. The molecule has 0 saturated carbocycles. The number of hydrogen-bond acceptors (Lipinski definition) is 2. The van der Waals surface area contributed by atoms with Crippen molar-refractivity contribution in [2.45, 2.75) is 66.8 Å². The normalized spacial score (nSPS) is 13.3. The molecule has 0 radical (unpaired) electrons. The smallest absolute Gasteiger partial charge is 0.236 e. The van der Waals surface area contributed by atoms with Crippen molar-refractivity contribution in [3.05, 3.63) is 0 Å². The van der Waals surface area contributed by atoms with E-state index in [-0.39, 0.29) is 11.9 Å². The van der Waals surface area contributed by atoms with Gasteiger partial charge in [-0.25, -0.2) is 0 Å². The lowest BCUT2D eigenvalue weighted by atomic mass is 9.85. The highest BCUT2D eigenvalue weighted by Crippen LogP contribution is 2.19. The first-order valence-electron chi connectivity index (χ1n) is 7.91. The van der Waals surface area contributed by atoms with Crippen molar-refractivity contribution in [2.75, 3.05) is 13.1 Å². The quantitative estimate of drug-likeness (QED) is 0.599. The summed E-state index contributed by atoms with van der Waals surface area (Å²) in [5, 5.41) is 6.37. The molecular weight excluding hydrogens is 236 g/mol. The molecule has 1 atom stereocenters. The highest BCUT2D eigenvalue weighted by molar-refractivity contribution is 5.81. The van der Waals surface area contributed by atoms with Crippen LogP contribution in [0.4, 0.5) is 0 Å². The molecule has 0 aromatic carbocycles. The van der Waals surface area contributed by atoms with E-state index in [1.54, 1.807) is 0 Å². The van der Waals surface area contributed by atoms with Gasteiger partial charge in [0.1, 0.15) is 0 Å². The molecule has 0 aromatic heterocycles. The average Bonchev–Trinajstić information content (AvgIpc) is 2.33. The zero-order valence-electron chi connectivity index (χ0n) is 13.8. The average molecular weight is 270 g/mol. The Labute approximate surface area is 119 Å². The van der Waals surface area contributed by atoms with Crippen LogP contribution < -0.4 is 10.6 Å². The molecule has 0 aliphatic carbocycles. The van der Waals surface area contributed by atoms with Crippen LogP contribution in [0.5, 0.6) is 0 Å². The number of amides is 1. The van der Waals surface area contributed by atoms with E-state index in [9.17, 15) is 4.79 Å². The van der Waals surface area contributed by atoms with Crippen molar-refractivity contribution >= 4 is 5.91 Å². The summed E-state index contributed by atoms with van der Waals surface area (Å²) in [4.78, 5) is 11.9. The van der Waals surface area contributed by atoms with Gasteiger partial charge in [-0.3, -0.25) is 4.79 Å². The zero-order chi connectivity index (χ0) is 14.8. The zero-order valence-corrected chi connectivity index (χ0v) is 13.8. The summed E-state index contributed by atoms with van der Waals surface area (Å²) in [5.41, 5.74) is 0. The highest BCUT2D eigenvalue weighted by atomic mass is 16.2. The van der Waals surface area contributed by atoms with E-state index in [0.717, 1.165) is 19.5 Å². The fraction of sp³-hybridized carbons (Fsp3) is 0.938. The van der Waals surface area contributed by atoms with Crippen LogP contribution in [0.2, 0.25) is 0 Å². The lowest BCUT2D eigenvalue weighted by molar-refractivity contribution is -0.122. The van der Waals surface area contributed by atoms with Crippen molar-refractivity contribution in [3.63, 3.8) is 0 Å². The first-order valence-corrected chi connectivity index (χ1v) is 7.91. The Balaban J connectivity index is 3.94. The molecule has 0 spiro atoms. The van der Waals surface area contributed by atoms with Gasteiger partial charge >= 0.3 is 0 Å². The first-order chi connectivity index (χ1) is 8.90. The molecular formula is C16H34N2O. The number of carbonyl (C=O) groups excluding carboxylic acids is 1. The van der Waals surface area contributed by atoms with Gasteiger partial charge in [0.15, 0.2) is 0 Å². The van der Waals surface area contributed by atoms with Gasteiger partial charge in [-0.05, 0) is 37.6 Å². The minimum atomic E-state index is -0.0957. The van der Waals surface area contributed by atoms with Crippen LogP contribution in [0.3, 0.4) is 0 Å². The standard InChI is InChI=1S/C16H34N2O/c1-7-8-9-10-17-16(19)14(6)18-11-15(12(2)3)13(4)5/h12-15,18H,7-11H2,1-6H3,(H,17,19). The van der Waals surface area contributed by atoms with Crippen LogP contribution in [-0.4, -0.2) is 25.0 Å². The Morgan fingerprint density at radius 3 is 2.05 bits per heavy atom. The van der Waals surface area contributed by atoms with Crippen molar-refractivity contribution in [1.29, 1.82) is 0 Å².